The molecule has 6 fully saturated rings. The fraction of sp³-hybridized carbons (Fsp3) is 0.703. The quantitative estimate of drug-likeness (QED) is 0.0806. The van der Waals surface area contributed by atoms with Crippen molar-refractivity contribution in [1.29, 1.82) is 0 Å². The van der Waals surface area contributed by atoms with E-state index in [-0.39, 0.29) is 86.1 Å². The van der Waals surface area contributed by atoms with E-state index in [2.05, 4.69) is 65.1 Å². The summed E-state index contributed by atoms with van der Waals surface area (Å²) in [5.74, 6) is -5.02. The van der Waals surface area contributed by atoms with E-state index in [4.69, 9.17) is 9.47 Å². The molecular weight excluding hydrogens is 975 g/mol. The van der Waals surface area contributed by atoms with Gasteiger partial charge in [0.2, 0.25) is 0 Å². The number of likely N-dealkylation sites (N-methyl/N-ethyl adjacent to an activating group) is 1. The topological polar surface area (TPSA) is 230 Å². The van der Waals surface area contributed by atoms with E-state index in [1.54, 1.807) is 12.1 Å². The number of ether oxygens (including phenoxy) is 2. The molecule has 420 valence electrons. The van der Waals surface area contributed by atoms with Crippen LogP contribution in [0.15, 0.2) is 59.7 Å². The minimum Gasteiger partial charge on any atom is -0.511 e. The average Bonchev–Trinajstić information content (AvgIpc) is 3.10. The van der Waals surface area contributed by atoms with Gasteiger partial charge in [0.05, 0.1) is 29.5 Å². The van der Waals surface area contributed by atoms with Crippen LogP contribution in [0.5, 0.6) is 11.5 Å². The summed E-state index contributed by atoms with van der Waals surface area (Å²) in [7, 11) is 0. The van der Waals surface area contributed by atoms with Crippen molar-refractivity contribution in [1.82, 2.24) is 5.32 Å². The first-order valence-corrected chi connectivity index (χ1v) is 29.7. The molecule has 2 aromatic rings. The number of carbonyl (C=O) groups is 1. The van der Waals surface area contributed by atoms with Crippen molar-refractivity contribution in [3.8, 4) is 11.5 Å². The normalized spacial score (nSPS) is 46.7. The van der Waals surface area contributed by atoms with Crippen molar-refractivity contribution in [3.63, 3.8) is 0 Å². The van der Waals surface area contributed by atoms with Gasteiger partial charge in [-0.3, -0.25) is 4.79 Å². The zero-order valence-electron chi connectivity index (χ0n) is 46.3. The SMILES string of the molecule is CCCCCC1CC2(CC3(C)C4C(CC3(O)C3=CC(=O)C5C6c7cc(O)cc(O)c7CCC6(O)C(OCCCO)CC5(C)C32)OC2(C3CCC(C)(C=C3CNCC)C(C)C2O)C4(O)CCO)C2C(O)=c3ccccc3=CC12. The number of nitrogens with one attached hydrogen (secondary N) is 1. The van der Waals surface area contributed by atoms with Crippen molar-refractivity contribution in [2.45, 2.75) is 178 Å². The summed E-state index contributed by atoms with van der Waals surface area (Å²) in [6, 6.07) is 10.9. The average molecular weight is 1060 g/mol. The molecule has 1 aliphatic heterocycles. The number of hydrogen-bond donors (Lipinski definition) is 10. The number of unbranched alkanes of at least 4 members (excludes halogenated alkanes) is 2. The lowest BCUT2D eigenvalue weighted by Crippen LogP contribution is -2.73. The van der Waals surface area contributed by atoms with E-state index in [9.17, 15) is 46.0 Å². The van der Waals surface area contributed by atoms with Crippen molar-refractivity contribution in [2.75, 3.05) is 32.9 Å². The molecular formula is C64H87NO12. The Morgan fingerprint density at radius 3 is 2.43 bits per heavy atom. The number of rotatable bonds is 13. The van der Waals surface area contributed by atoms with E-state index in [1.165, 1.54) is 6.07 Å². The van der Waals surface area contributed by atoms with Crippen LogP contribution in [0.3, 0.4) is 0 Å². The van der Waals surface area contributed by atoms with E-state index in [0.717, 1.165) is 54.7 Å². The molecule has 0 radical (unpaired) electrons. The van der Waals surface area contributed by atoms with Crippen molar-refractivity contribution in [2.24, 2.45) is 69.0 Å². The summed E-state index contributed by atoms with van der Waals surface area (Å²) in [6.07, 6.45) is 10.6. The monoisotopic (exact) mass is 1060 g/mol. The Balaban J connectivity index is 1.12. The van der Waals surface area contributed by atoms with Crippen LogP contribution in [-0.4, -0.2) is 125 Å². The Hall–Kier alpha value is -3.63. The number of ketones is 1. The fourth-order valence-electron chi connectivity index (χ4n) is 21.0. The predicted molar refractivity (Wildman–Crippen MR) is 291 cm³/mol. The first kappa shape index (κ1) is 54.0. The molecule has 2 aromatic carbocycles. The van der Waals surface area contributed by atoms with Crippen LogP contribution in [-0.2, 0) is 20.7 Å². The molecule has 13 nitrogen and oxygen atoms in total. The van der Waals surface area contributed by atoms with Gasteiger partial charge >= 0.3 is 0 Å². The fourth-order valence-corrected chi connectivity index (χ4v) is 21.0. The molecule has 20 unspecified atom stereocenters. The molecule has 1 heterocycles. The third kappa shape index (κ3) is 6.99. The number of phenols is 2. The lowest BCUT2D eigenvalue weighted by molar-refractivity contribution is -0.257. The van der Waals surface area contributed by atoms with Crippen LogP contribution in [0.4, 0.5) is 0 Å². The second-order valence-corrected chi connectivity index (χ2v) is 27.3. The Bertz CT molecular complexity index is 2900. The standard InChI is InChI=1S/C64H87NO12/c1-7-9-10-15-37-30-60(51-42(37)25-36-14-11-12-16-40(36)53(51)71)34-59(6)55-48(77-64(62(55,74)21-23-67)44-18-19-57(4,35(3)56(64)72)29-38(44)33-65-8-2)31-63(59,75)45-28-47(70)52-50-43-26-39(68)27-46(69)41(43)17-20-61(50,73)49(76-24-13-22-66)32-58(52,5)54(45)60/h11-12,14,16,25-29,35,37,42,44,48-52,54-56,65-69,71-75H,7-10,13,15,17-24,30-34H2,1-6H3. The van der Waals surface area contributed by atoms with Crippen LogP contribution < -0.4 is 15.8 Å². The predicted octanol–water partition coefficient (Wildman–Crippen LogP) is 6.13. The minimum absolute atomic E-state index is 0.0144. The maximum absolute atomic E-state index is 16.2. The number of aliphatic hydroxyl groups is 7. The van der Waals surface area contributed by atoms with Crippen LogP contribution in [0.25, 0.3) is 11.8 Å². The highest BCUT2D eigenvalue weighted by molar-refractivity contribution is 5.96. The number of benzene rings is 2. The summed E-state index contributed by atoms with van der Waals surface area (Å²) in [4.78, 5) is 16.2. The highest BCUT2D eigenvalue weighted by Crippen LogP contribution is 2.82. The van der Waals surface area contributed by atoms with Crippen molar-refractivity contribution < 1.29 is 60.2 Å². The molecule has 13 heteroatoms. The van der Waals surface area contributed by atoms with Gasteiger partial charge in [-0.2, -0.15) is 0 Å². The maximum atomic E-state index is 16.2. The Kier molecular flexibility index (Phi) is 12.9. The second-order valence-electron chi connectivity index (χ2n) is 27.3. The smallest absolute Gasteiger partial charge is 0.160 e. The number of fused-ring (bicyclic) bond motifs is 17. The first-order chi connectivity index (χ1) is 36.6. The van der Waals surface area contributed by atoms with E-state index in [1.807, 2.05) is 18.2 Å². The van der Waals surface area contributed by atoms with Crippen LogP contribution in [0.2, 0.25) is 0 Å². The molecule has 20 atom stereocenters. The van der Waals surface area contributed by atoms with Gasteiger partial charge in [0, 0.05) is 85.5 Å². The third-order valence-corrected chi connectivity index (χ3v) is 23.9. The van der Waals surface area contributed by atoms with E-state index in [0.29, 0.717) is 48.9 Å². The second kappa shape index (κ2) is 18.4. The maximum Gasteiger partial charge on any atom is 0.160 e. The number of aromatic hydroxyl groups is 2. The highest BCUT2D eigenvalue weighted by atomic mass is 16.6. The van der Waals surface area contributed by atoms with Gasteiger partial charge in [-0.15, -0.1) is 0 Å². The molecule has 10 aliphatic carbocycles. The third-order valence-electron chi connectivity index (χ3n) is 23.9. The number of allylic oxidation sites excluding steroid dienone is 2. The zero-order chi connectivity index (χ0) is 54.6. The number of aliphatic hydroxyl groups excluding tert-OH is 4. The summed E-state index contributed by atoms with van der Waals surface area (Å²) in [5.41, 5.74) is -7.92. The van der Waals surface area contributed by atoms with Crippen molar-refractivity contribution >= 4 is 17.6 Å². The molecule has 0 amide bonds. The van der Waals surface area contributed by atoms with Gasteiger partial charge in [-0.25, -0.2) is 0 Å². The Morgan fingerprint density at radius 1 is 0.909 bits per heavy atom. The Morgan fingerprint density at radius 2 is 1.69 bits per heavy atom. The molecule has 2 spiro atoms. The number of carbonyl (C=O) groups excluding carboxylic acids is 1. The molecule has 77 heavy (non-hydrogen) atoms. The number of hydrogen-bond acceptors (Lipinski definition) is 13. The summed E-state index contributed by atoms with van der Waals surface area (Å²) < 4.78 is 14.5. The Labute approximate surface area is 454 Å². The summed E-state index contributed by atoms with van der Waals surface area (Å²) in [6.45, 7) is 13.6. The van der Waals surface area contributed by atoms with Crippen LogP contribution >= 0.6 is 0 Å². The van der Waals surface area contributed by atoms with Gasteiger partial charge in [-0.1, -0.05) is 103 Å². The van der Waals surface area contributed by atoms with E-state index >= 15 is 4.79 Å². The van der Waals surface area contributed by atoms with Crippen LogP contribution in [0, 0.1) is 69.0 Å². The van der Waals surface area contributed by atoms with Crippen LogP contribution in [0.1, 0.15) is 142 Å². The highest BCUT2D eigenvalue weighted by Gasteiger charge is 2.85. The van der Waals surface area contributed by atoms with Gasteiger partial charge in [0.15, 0.2) is 5.78 Å². The minimum atomic E-state index is -1.89. The van der Waals surface area contributed by atoms with E-state index < -0.39 is 104 Å². The number of phenolic OH excluding ortho intramolecular Hbond substituents is 2. The van der Waals surface area contributed by atoms with Gasteiger partial charge in [-0.05, 0) is 138 Å². The lowest BCUT2D eigenvalue weighted by Gasteiger charge is -2.70. The molecule has 0 aromatic heterocycles. The van der Waals surface area contributed by atoms with Crippen molar-refractivity contribution in [3.05, 3.63) is 81.3 Å². The van der Waals surface area contributed by atoms with Gasteiger partial charge in [0.25, 0.3) is 0 Å². The summed E-state index contributed by atoms with van der Waals surface area (Å²) >= 11 is 0. The summed E-state index contributed by atoms with van der Waals surface area (Å²) in [5, 5.41) is 119. The van der Waals surface area contributed by atoms with Gasteiger partial charge < -0.3 is 60.7 Å². The largest absolute Gasteiger partial charge is 0.511 e. The molecule has 13 rings (SSSR count). The molecule has 1 saturated heterocycles. The molecule has 11 aliphatic rings. The molecule has 2 bridgehead atoms. The molecule has 10 N–H and O–H groups in total. The zero-order valence-corrected chi connectivity index (χ0v) is 46.3. The lowest BCUT2D eigenvalue weighted by atomic mass is 9.35. The first-order valence-electron chi connectivity index (χ1n) is 29.7. The molecule has 5 saturated carbocycles. The van der Waals surface area contributed by atoms with Gasteiger partial charge in [0.1, 0.15) is 28.5 Å².